The van der Waals surface area contributed by atoms with E-state index in [9.17, 15) is 9.59 Å². The molecule has 0 spiro atoms. The van der Waals surface area contributed by atoms with Gasteiger partial charge in [-0.3, -0.25) is 14.5 Å². The number of nitrogens with zero attached hydrogens (tertiary/aromatic N) is 2. The number of carbonyl (C=O) groups excluding carboxylic acids is 2. The molecule has 5 heteroatoms. The second kappa shape index (κ2) is 9.52. The van der Waals surface area contributed by atoms with Crippen LogP contribution >= 0.6 is 0 Å². The van der Waals surface area contributed by atoms with Crippen molar-refractivity contribution in [2.75, 3.05) is 4.90 Å². The van der Waals surface area contributed by atoms with Crippen LogP contribution in [0.4, 0.5) is 5.69 Å². The van der Waals surface area contributed by atoms with Crippen LogP contribution in [0.25, 0.3) is 10.9 Å². The van der Waals surface area contributed by atoms with Crippen LogP contribution in [0.3, 0.4) is 0 Å². The van der Waals surface area contributed by atoms with Crippen LogP contribution in [0.2, 0.25) is 0 Å². The van der Waals surface area contributed by atoms with E-state index >= 15 is 0 Å². The van der Waals surface area contributed by atoms with E-state index in [1.165, 1.54) is 24.8 Å². The maximum atomic E-state index is 14.0. The molecular formula is C30H37N3O2. The van der Waals surface area contributed by atoms with E-state index in [1.54, 1.807) is 4.90 Å². The van der Waals surface area contributed by atoms with Gasteiger partial charge in [-0.25, -0.2) is 0 Å². The standard InChI is InChI=1S/C30H37N3O2/c1-21(2)22-15-17-25(18-16-22)33-28(34)27-19-23-11-9-10-14-26(23)32(27)20-30(33,3)29(35)31-24-12-7-5-4-6-8-13-24/h9-11,14-19,21,24H,4-8,12-13,20H2,1-3H3,(H,31,35)/t30-/m1/s1. The fourth-order valence-electron chi connectivity index (χ4n) is 5.80. The Labute approximate surface area is 208 Å². The molecule has 0 bridgehead atoms. The van der Waals surface area contributed by atoms with Gasteiger partial charge in [0.05, 0.1) is 6.54 Å². The highest BCUT2D eigenvalue weighted by Crippen LogP contribution is 2.36. The normalized spacial score (nSPS) is 21.6. The fraction of sp³-hybridized carbons (Fsp3) is 0.467. The maximum Gasteiger partial charge on any atom is 0.275 e. The van der Waals surface area contributed by atoms with Crippen molar-refractivity contribution >= 4 is 28.4 Å². The first-order valence-corrected chi connectivity index (χ1v) is 13.2. The topological polar surface area (TPSA) is 54.3 Å². The van der Waals surface area contributed by atoms with Crippen molar-refractivity contribution in [2.24, 2.45) is 0 Å². The average Bonchev–Trinajstić information content (AvgIpc) is 3.19. The lowest BCUT2D eigenvalue weighted by Gasteiger charge is -2.44. The number of anilines is 1. The van der Waals surface area contributed by atoms with Gasteiger partial charge in [0.1, 0.15) is 11.2 Å². The van der Waals surface area contributed by atoms with Gasteiger partial charge in [0.2, 0.25) is 5.91 Å². The highest BCUT2D eigenvalue weighted by Gasteiger charge is 2.49. The van der Waals surface area contributed by atoms with Crippen molar-refractivity contribution in [3.8, 4) is 0 Å². The highest BCUT2D eigenvalue weighted by molar-refractivity contribution is 6.14. The summed E-state index contributed by atoms with van der Waals surface area (Å²) in [5.41, 5.74) is 2.58. The fourth-order valence-corrected chi connectivity index (χ4v) is 5.80. The van der Waals surface area contributed by atoms with Crippen LogP contribution in [-0.4, -0.2) is 28.0 Å². The third kappa shape index (κ3) is 4.37. The molecule has 0 radical (unpaired) electrons. The lowest BCUT2D eigenvalue weighted by atomic mass is 9.91. The molecule has 1 aromatic heterocycles. The lowest BCUT2D eigenvalue weighted by Crippen LogP contribution is -2.65. The number of hydrogen-bond donors (Lipinski definition) is 1. The second-order valence-corrected chi connectivity index (χ2v) is 10.9. The number of amides is 2. The summed E-state index contributed by atoms with van der Waals surface area (Å²) in [4.78, 5) is 29.8. The quantitative estimate of drug-likeness (QED) is 0.478. The van der Waals surface area contributed by atoms with Gasteiger partial charge in [-0.05, 0) is 55.5 Å². The minimum atomic E-state index is -1.03. The monoisotopic (exact) mass is 471 g/mol. The van der Waals surface area contributed by atoms with Crippen molar-refractivity contribution in [3.63, 3.8) is 0 Å². The Kier molecular flexibility index (Phi) is 6.43. The van der Waals surface area contributed by atoms with E-state index in [-0.39, 0.29) is 17.9 Å². The summed E-state index contributed by atoms with van der Waals surface area (Å²) in [6.07, 6.45) is 8.06. The minimum absolute atomic E-state index is 0.0622. The van der Waals surface area contributed by atoms with Gasteiger partial charge in [0.15, 0.2) is 0 Å². The van der Waals surface area contributed by atoms with E-state index in [0.29, 0.717) is 18.2 Å². The van der Waals surface area contributed by atoms with Gasteiger partial charge in [-0.1, -0.05) is 76.3 Å². The third-order valence-corrected chi connectivity index (χ3v) is 7.94. The van der Waals surface area contributed by atoms with Crippen LogP contribution < -0.4 is 10.2 Å². The van der Waals surface area contributed by atoms with Crippen LogP contribution in [0.1, 0.15) is 87.7 Å². The number of benzene rings is 2. The van der Waals surface area contributed by atoms with Gasteiger partial charge in [0.25, 0.3) is 5.91 Å². The molecule has 1 saturated carbocycles. The molecule has 0 unspecified atom stereocenters. The summed E-state index contributed by atoms with van der Waals surface area (Å²) in [6.45, 7) is 6.67. The Morgan fingerprint density at radius 2 is 1.63 bits per heavy atom. The molecule has 2 aliphatic rings. The first-order valence-electron chi connectivity index (χ1n) is 13.2. The highest BCUT2D eigenvalue weighted by atomic mass is 16.2. The number of nitrogens with one attached hydrogen (secondary N) is 1. The second-order valence-electron chi connectivity index (χ2n) is 10.9. The molecule has 0 saturated heterocycles. The van der Waals surface area contributed by atoms with Crippen LogP contribution in [0.5, 0.6) is 0 Å². The van der Waals surface area contributed by atoms with Crippen molar-refractivity contribution in [1.82, 2.24) is 9.88 Å². The molecule has 5 nitrogen and oxygen atoms in total. The number of fused-ring (bicyclic) bond motifs is 3. The molecule has 1 N–H and O–H groups in total. The lowest BCUT2D eigenvalue weighted by molar-refractivity contribution is -0.127. The Morgan fingerprint density at radius 1 is 0.971 bits per heavy atom. The van der Waals surface area contributed by atoms with Crippen LogP contribution in [0, 0.1) is 0 Å². The van der Waals surface area contributed by atoms with Crippen molar-refractivity contribution in [3.05, 3.63) is 65.9 Å². The van der Waals surface area contributed by atoms with Crippen LogP contribution in [-0.2, 0) is 11.3 Å². The van der Waals surface area contributed by atoms with E-state index in [2.05, 4.69) is 31.3 Å². The molecular weight excluding hydrogens is 434 g/mol. The zero-order valence-corrected chi connectivity index (χ0v) is 21.2. The number of carbonyl (C=O) groups is 2. The zero-order valence-electron chi connectivity index (χ0n) is 21.2. The van der Waals surface area contributed by atoms with Gasteiger partial charge in [-0.2, -0.15) is 0 Å². The largest absolute Gasteiger partial charge is 0.351 e. The first-order chi connectivity index (χ1) is 16.9. The summed E-state index contributed by atoms with van der Waals surface area (Å²) in [6, 6.07) is 18.3. The molecule has 1 aliphatic carbocycles. The summed E-state index contributed by atoms with van der Waals surface area (Å²) in [5.74, 6) is 0.213. The molecule has 1 atom stereocenters. The number of para-hydroxylation sites is 1. The van der Waals surface area contributed by atoms with E-state index < -0.39 is 5.54 Å². The average molecular weight is 472 g/mol. The first kappa shape index (κ1) is 23.7. The van der Waals surface area contributed by atoms with Crippen LogP contribution in [0.15, 0.2) is 54.6 Å². The molecule has 2 heterocycles. The molecule has 1 fully saturated rings. The molecule has 35 heavy (non-hydrogen) atoms. The Balaban J connectivity index is 1.56. The molecule has 2 aromatic carbocycles. The number of hydrogen-bond acceptors (Lipinski definition) is 2. The van der Waals surface area contributed by atoms with Gasteiger partial charge >= 0.3 is 0 Å². The predicted molar refractivity (Wildman–Crippen MR) is 142 cm³/mol. The van der Waals surface area contributed by atoms with E-state index in [0.717, 1.165) is 42.3 Å². The molecule has 184 valence electrons. The Morgan fingerprint density at radius 3 is 2.31 bits per heavy atom. The van der Waals surface area contributed by atoms with Crippen molar-refractivity contribution in [2.45, 2.75) is 89.8 Å². The number of rotatable bonds is 4. The zero-order chi connectivity index (χ0) is 24.6. The molecule has 5 rings (SSSR count). The summed E-state index contributed by atoms with van der Waals surface area (Å²) in [5, 5.41) is 4.40. The molecule has 2 amide bonds. The summed E-state index contributed by atoms with van der Waals surface area (Å²) >= 11 is 0. The third-order valence-electron chi connectivity index (χ3n) is 7.94. The Bertz CT molecular complexity index is 1220. The summed E-state index contributed by atoms with van der Waals surface area (Å²) < 4.78 is 2.04. The van der Waals surface area contributed by atoms with Gasteiger partial charge in [-0.15, -0.1) is 0 Å². The van der Waals surface area contributed by atoms with Gasteiger partial charge < -0.3 is 9.88 Å². The summed E-state index contributed by atoms with van der Waals surface area (Å²) in [7, 11) is 0. The molecule has 1 aliphatic heterocycles. The van der Waals surface area contributed by atoms with Crippen molar-refractivity contribution in [1.29, 1.82) is 0 Å². The van der Waals surface area contributed by atoms with E-state index in [4.69, 9.17) is 0 Å². The predicted octanol–water partition coefficient (Wildman–Crippen LogP) is 6.41. The van der Waals surface area contributed by atoms with Gasteiger partial charge in [0, 0.05) is 22.6 Å². The molecule has 3 aromatic rings. The number of aromatic nitrogens is 1. The minimum Gasteiger partial charge on any atom is -0.351 e. The smallest absolute Gasteiger partial charge is 0.275 e. The van der Waals surface area contributed by atoms with E-state index in [1.807, 2.05) is 54.0 Å². The van der Waals surface area contributed by atoms with Crippen molar-refractivity contribution < 1.29 is 9.59 Å². The maximum absolute atomic E-state index is 14.0. The SMILES string of the molecule is CC(C)c1ccc(N2C(=O)c3cc4ccccc4n3C[C@]2(C)C(=O)NC2CCCCCCC2)cc1. The Hall–Kier alpha value is -3.08.